The summed E-state index contributed by atoms with van der Waals surface area (Å²) in [6.45, 7) is 8.26. The highest BCUT2D eigenvalue weighted by atomic mass is 32.1. The molecule has 2 N–H and O–H groups in total. The molecule has 0 saturated carbocycles. The summed E-state index contributed by atoms with van der Waals surface area (Å²) < 4.78 is 5.74. The number of anilines is 1. The minimum absolute atomic E-state index is 0.0677. The Bertz CT molecular complexity index is 797. The zero-order valence-electron chi connectivity index (χ0n) is 16.3. The van der Waals surface area contributed by atoms with E-state index >= 15 is 0 Å². The molecule has 2 aromatic rings. The standard InChI is InChI=1S/C19H27N5O2S/c1-19(2,3)15-12-20-16(26-15)6-5-14-11-21-18(27-14)23-17(25)22-13-7-9-24(4)10-8-13/h5-6,11-13H,7-10H2,1-4H3,(H2,21,22,23,25)/b6-5+. The molecule has 0 bridgehead atoms. The first kappa shape index (κ1) is 19.6. The molecule has 2 aromatic heterocycles. The Labute approximate surface area is 163 Å². The molecule has 1 fully saturated rings. The van der Waals surface area contributed by atoms with Crippen LogP contribution in [-0.2, 0) is 5.41 Å². The van der Waals surface area contributed by atoms with E-state index in [-0.39, 0.29) is 17.5 Å². The number of carbonyl (C=O) groups excluding carboxylic acids is 1. The number of hydrogen-bond acceptors (Lipinski definition) is 6. The van der Waals surface area contributed by atoms with E-state index in [9.17, 15) is 4.79 Å². The summed E-state index contributed by atoms with van der Waals surface area (Å²) >= 11 is 1.41. The number of thiazole rings is 1. The maximum Gasteiger partial charge on any atom is 0.321 e. The highest BCUT2D eigenvalue weighted by Crippen LogP contribution is 2.24. The average Bonchev–Trinajstić information content (AvgIpc) is 3.24. The highest BCUT2D eigenvalue weighted by molar-refractivity contribution is 7.16. The fraction of sp³-hybridized carbons (Fsp3) is 0.526. The molecule has 0 unspecified atom stereocenters. The molecule has 1 saturated heterocycles. The zero-order valence-corrected chi connectivity index (χ0v) is 17.1. The molecule has 0 atom stereocenters. The molecule has 0 aromatic carbocycles. The number of nitrogens with zero attached hydrogens (tertiary/aromatic N) is 3. The summed E-state index contributed by atoms with van der Waals surface area (Å²) in [6, 6.07) is 0.0273. The number of rotatable bonds is 4. The van der Waals surface area contributed by atoms with Crippen LogP contribution in [0.5, 0.6) is 0 Å². The summed E-state index contributed by atoms with van der Waals surface area (Å²) in [6.07, 6.45) is 9.12. The van der Waals surface area contributed by atoms with E-state index in [2.05, 4.69) is 53.3 Å². The van der Waals surface area contributed by atoms with Crippen molar-refractivity contribution in [2.24, 2.45) is 0 Å². The Morgan fingerprint density at radius 3 is 2.67 bits per heavy atom. The summed E-state index contributed by atoms with van der Waals surface area (Å²) in [5.41, 5.74) is -0.0677. The lowest BCUT2D eigenvalue weighted by Gasteiger charge is -2.29. The van der Waals surface area contributed by atoms with Gasteiger partial charge in [-0.2, -0.15) is 0 Å². The van der Waals surface area contributed by atoms with E-state index in [1.807, 2.05) is 12.2 Å². The number of amides is 2. The fourth-order valence-electron chi connectivity index (χ4n) is 2.76. The lowest BCUT2D eigenvalue weighted by molar-refractivity contribution is 0.221. The number of likely N-dealkylation sites (tertiary alicyclic amines) is 1. The van der Waals surface area contributed by atoms with Crippen LogP contribution in [0.15, 0.2) is 16.8 Å². The van der Waals surface area contributed by atoms with E-state index in [0.29, 0.717) is 11.0 Å². The molecule has 2 amide bonds. The van der Waals surface area contributed by atoms with Crippen LogP contribution in [-0.4, -0.2) is 47.1 Å². The molecule has 0 aliphatic carbocycles. The van der Waals surface area contributed by atoms with E-state index in [1.165, 1.54) is 11.3 Å². The largest absolute Gasteiger partial charge is 0.441 e. The Morgan fingerprint density at radius 1 is 1.26 bits per heavy atom. The SMILES string of the molecule is CN1CCC(NC(=O)Nc2ncc(/C=C/c3ncc(C(C)(C)C)o3)s2)CC1. The third-order valence-corrected chi connectivity index (χ3v) is 5.33. The minimum atomic E-state index is -0.197. The van der Waals surface area contributed by atoms with Crippen LogP contribution >= 0.6 is 11.3 Å². The number of carbonyl (C=O) groups is 1. The Balaban J connectivity index is 1.52. The average molecular weight is 390 g/mol. The van der Waals surface area contributed by atoms with Crippen molar-refractivity contribution in [2.75, 3.05) is 25.5 Å². The van der Waals surface area contributed by atoms with Gasteiger partial charge in [0.2, 0.25) is 5.89 Å². The van der Waals surface area contributed by atoms with Gasteiger partial charge in [-0.1, -0.05) is 32.1 Å². The lowest BCUT2D eigenvalue weighted by Crippen LogP contribution is -2.44. The van der Waals surface area contributed by atoms with Gasteiger partial charge in [0, 0.05) is 28.6 Å². The van der Waals surface area contributed by atoms with Gasteiger partial charge in [0.1, 0.15) is 5.76 Å². The fourth-order valence-corrected chi connectivity index (χ4v) is 3.47. The van der Waals surface area contributed by atoms with Crippen molar-refractivity contribution in [3.8, 4) is 0 Å². The van der Waals surface area contributed by atoms with Crippen LogP contribution in [0, 0.1) is 0 Å². The maximum atomic E-state index is 12.1. The van der Waals surface area contributed by atoms with Crippen molar-refractivity contribution in [2.45, 2.75) is 45.1 Å². The second-order valence-electron chi connectivity index (χ2n) is 7.89. The van der Waals surface area contributed by atoms with E-state index in [4.69, 9.17) is 4.42 Å². The van der Waals surface area contributed by atoms with Crippen LogP contribution in [0.4, 0.5) is 9.93 Å². The number of nitrogens with one attached hydrogen (secondary N) is 2. The number of piperidine rings is 1. The molecule has 7 nitrogen and oxygen atoms in total. The second kappa shape index (κ2) is 8.22. The molecule has 3 heterocycles. The van der Waals surface area contributed by atoms with Crippen molar-refractivity contribution in [3.05, 3.63) is 28.9 Å². The highest BCUT2D eigenvalue weighted by Gasteiger charge is 2.19. The van der Waals surface area contributed by atoms with Crippen LogP contribution < -0.4 is 10.6 Å². The molecule has 146 valence electrons. The van der Waals surface area contributed by atoms with Crippen molar-refractivity contribution in [1.29, 1.82) is 0 Å². The summed E-state index contributed by atoms with van der Waals surface area (Å²) in [5.74, 6) is 1.40. The molecule has 1 aliphatic heterocycles. The Hall–Kier alpha value is -2.19. The minimum Gasteiger partial charge on any atom is -0.441 e. The monoisotopic (exact) mass is 389 g/mol. The summed E-state index contributed by atoms with van der Waals surface area (Å²) in [7, 11) is 2.10. The van der Waals surface area contributed by atoms with E-state index < -0.39 is 0 Å². The maximum absolute atomic E-state index is 12.1. The number of oxazole rings is 1. The normalized spacial score (nSPS) is 16.7. The number of aromatic nitrogens is 2. The predicted molar refractivity (Wildman–Crippen MR) is 109 cm³/mol. The van der Waals surface area contributed by atoms with E-state index in [1.54, 1.807) is 12.4 Å². The molecular formula is C19H27N5O2S. The molecule has 0 radical (unpaired) electrons. The van der Waals surface area contributed by atoms with Crippen molar-refractivity contribution >= 4 is 34.7 Å². The molecule has 3 rings (SSSR count). The van der Waals surface area contributed by atoms with Gasteiger partial charge in [0.05, 0.1) is 6.20 Å². The third-order valence-electron chi connectivity index (χ3n) is 4.45. The molecular weight excluding hydrogens is 362 g/mol. The first-order valence-electron chi connectivity index (χ1n) is 9.16. The first-order chi connectivity index (χ1) is 12.8. The van der Waals surface area contributed by atoms with Crippen molar-refractivity contribution in [3.63, 3.8) is 0 Å². The predicted octanol–water partition coefficient (Wildman–Crippen LogP) is 3.81. The van der Waals surface area contributed by atoms with Crippen molar-refractivity contribution < 1.29 is 9.21 Å². The molecule has 8 heteroatoms. The van der Waals surface area contributed by atoms with Gasteiger partial charge in [-0.05, 0) is 39.1 Å². The van der Waals surface area contributed by atoms with Gasteiger partial charge in [-0.25, -0.2) is 14.8 Å². The number of urea groups is 1. The number of hydrogen-bond donors (Lipinski definition) is 2. The Kier molecular flexibility index (Phi) is 5.96. The van der Waals surface area contributed by atoms with Gasteiger partial charge in [-0.3, -0.25) is 5.32 Å². The lowest BCUT2D eigenvalue weighted by atomic mass is 9.94. The van der Waals surface area contributed by atoms with Crippen LogP contribution in [0.1, 0.15) is 50.1 Å². The first-order valence-corrected chi connectivity index (χ1v) is 9.97. The van der Waals surface area contributed by atoms with Crippen LogP contribution in [0.25, 0.3) is 12.2 Å². The second-order valence-corrected chi connectivity index (χ2v) is 8.95. The molecule has 27 heavy (non-hydrogen) atoms. The summed E-state index contributed by atoms with van der Waals surface area (Å²) in [4.78, 5) is 23.8. The topological polar surface area (TPSA) is 83.3 Å². The van der Waals surface area contributed by atoms with Gasteiger partial charge in [0.25, 0.3) is 0 Å². The van der Waals surface area contributed by atoms with Gasteiger partial charge >= 0.3 is 6.03 Å². The van der Waals surface area contributed by atoms with Gasteiger partial charge in [-0.15, -0.1) is 0 Å². The van der Waals surface area contributed by atoms with Gasteiger partial charge in [0.15, 0.2) is 5.13 Å². The van der Waals surface area contributed by atoms with Gasteiger partial charge < -0.3 is 14.6 Å². The smallest absolute Gasteiger partial charge is 0.321 e. The summed E-state index contributed by atoms with van der Waals surface area (Å²) in [5, 5.41) is 6.40. The Morgan fingerprint density at radius 2 is 2.00 bits per heavy atom. The van der Waals surface area contributed by atoms with Crippen LogP contribution in [0.2, 0.25) is 0 Å². The van der Waals surface area contributed by atoms with E-state index in [0.717, 1.165) is 36.6 Å². The molecule has 0 spiro atoms. The zero-order chi connectivity index (χ0) is 19.4. The van der Waals surface area contributed by atoms with Crippen LogP contribution in [0.3, 0.4) is 0 Å². The molecule has 1 aliphatic rings. The van der Waals surface area contributed by atoms with Crippen molar-refractivity contribution in [1.82, 2.24) is 20.2 Å². The quantitative estimate of drug-likeness (QED) is 0.831. The third kappa shape index (κ3) is 5.64.